The van der Waals surface area contributed by atoms with E-state index in [1.807, 2.05) is 6.07 Å². The summed E-state index contributed by atoms with van der Waals surface area (Å²) in [5.41, 5.74) is 3.37. The lowest BCUT2D eigenvalue weighted by atomic mass is 9.65. The Labute approximate surface area is 218 Å². The minimum absolute atomic E-state index is 0.199. The lowest BCUT2D eigenvalue weighted by Gasteiger charge is -2.44. The molecule has 0 bridgehead atoms. The van der Waals surface area contributed by atoms with Gasteiger partial charge in [-0.2, -0.15) is 0 Å². The molecule has 4 fully saturated rings. The maximum absolute atomic E-state index is 13.1. The number of hydrogen-bond acceptors (Lipinski definition) is 5. The second-order valence-corrected chi connectivity index (χ2v) is 12.2. The van der Waals surface area contributed by atoms with Crippen molar-refractivity contribution in [3.8, 4) is 0 Å². The molecule has 3 aliphatic heterocycles. The summed E-state index contributed by atoms with van der Waals surface area (Å²) in [4.78, 5) is 39.8. The van der Waals surface area contributed by atoms with Crippen molar-refractivity contribution in [2.75, 3.05) is 32.7 Å². The summed E-state index contributed by atoms with van der Waals surface area (Å²) in [6, 6.07) is 5.66. The highest BCUT2D eigenvalue weighted by molar-refractivity contribution is 6.00. The van der Waals surface area contributed by atoms with Crippen LogP contribution in [-0.2, 0) is 16.6 Å². The molecule has 8 heteroatoms. The first kappa shape index (κ1) is 24.9. The van der Waals surface area contributed by atoms with Crippen molar-refractivity contribution in [1.82, 2.24) is 24.7 Å². The van der Waals surface area contributed by atoms with Crippen molar-refractivity contribution >= 4 is 22.8 Å². The van der Waals surface area contributed by atoms with Crippen molar-refractivity contribution in [2.45, 2.75) is 76.2 Å². The van der Waals surface area contributed by atoms with Gasteiger partial charge in [-0.15, -0.1) is 0 Å². The number of fused-ring (bicyclic) bond motifs is 1. The van der Waals surface area contributed by atoms with E-state index >= 15 is 0 Å². The van der Waals surface area contributed by atoms with Crippen LogP contribution in [0.1, 0.15) is 81.7 Å². The smallest absolute Gasteiger partial charge is 0.317 e. The van der Waals surface area contributed by atoms with E-state index in [4.69, 9.17) is 0 Å². The summed E-state index contributed by atoms with van der Waals surface area (Å²) in [6.07, 6.45) is 11.3. The Morgan fingerprint density at radius 1 is 0.919 bits per heavy atom. The average Bonchev–Trinajstić information content (AvgIpc) is 3.16. The number of amides is 2. The quantitative estimate of drug-likeness (QED) is 0.621. The fraction of sp³-hybridized carbons (Fsp3) is 0.690. The van der Waals surface area contributed by atoms with Gasteiger partial charge in [0.2, 0.25) is 11.8 Å². The molecule has 1 aromatic carbocycles. The lowest BCUT2D eigenvalue weighted by molar-refractivity contribution is -0.135. The number of piperidine rings is 3. The maximum Gasteiger partial charge on any atom is 0.329 e. The molecule has 6 rings (SSSR count). The van der Waals surface area contributed by atoms with E-state index in [0.717, 1.165) is 42.9 Å². The number of likely N-dealkylation sites (tertiary alicyclic amines) is 1. The van der Waals surface area contributed by atoms with Crippen LogP contribution < -0.4 is 16.3 Å². The molecule has 8 nitrogen and oxygen atoms in total. The Hall–Kier alpha value is -2.45. The van der Waals surface area contributed by atoms with Crippen LogP contribution in [0.4, 0.5) is 0 Å². The largest absolute Gasteiger partial charge is 0.329 e. The van der Waals surface area contributed by atoms with Gasteiger partial charge in [0.1, 0.15) is 6.04 Å². The van der Waals surface area contributed by atoms with Gasteiger partial charge in [0.25, 0.3) is 0 Å². The molecule has 2 amide bonds. The molecule has 1 unspecified atom stereocenters. The third-order valence-corrected chi connectivity index (χ3v) is 10.0. The van der Waals surface area contributed by atoms with Crippen molar-refractivity contribution in [1.29, 1.82) is 0 Å². The summed E-state index contributed by atoms with van der Waals surface area (Å²) in [5, 5.41) is 5.92. The zero-order chi connectivity index (χ0) is 25.6. The normalized spacial score (nSPS) is 26.1. The molecular weight excluding hydrogens is 466 g/mol. The molecule has 4 heterocycles. The number of carbonyl (C=O) groups is 2. The van der Waals surface area contributed by atoms with Gasteiger partial charge in [0.15, 0.2) is 0 Å². The van der Waals surface area contributed by atoms with Crippen LogP contribution in [0.25, 0.3) is 11.0 Å². The van der Waals surface area contributed by atoms with Gasteiger partial charge in [0, 0.05) is 20.0 Å². The molecule has 1 spiro atoms. The van der Waals surface area contributed by atoms with Crippen LogP contribution in [0, 0.1) is 11.3 Å². The van der Waals surface area contributed by atoms with Crippen LogP contribution in [0.3, 0.4) is 0 Å². The Bertz CT molecular complexity index is 1220. The minimum Gasteiger partial charge on any atom is -0.317 e. The Balaban J connectivity index is 1.09. The predicted octanol–water partition coefficient (Wildman–Crippen LogP) is 3.06. The van der Waals surface area contributed by atoms with Gasteiger partial charge in [-0.3, -0.25) is 24.0 Å². The van der Waals surface area contributed by atoms with E-state index in [1.165, 1.54) is 63.7 Å². The van der Waals surface area contributed by atoms with Gasteiger partial charge in [-0.25, -0.2) is 4.79 Å². The predicted molar refractivity (Wildman–Crippen MR) is 144 cm³/mol. The standard InChI is InChI=1S/C29H41N5O3/c1-32-25-18-22(2-3-23(25)34(28(32)37)24-4-5-26(35)31-27(24)36)21-8-16-33(17-9-21)19-20-6-10-29(11-7-20)12-14-30-15-13-29/h2-3,18,20-21,24,30H,4-17,19H2,1H3,(H,31,35,36). The van der Waals surface area contributed by atoms with E-state index in [1.54, 1.807) is 16.2 Å². The first-order valence-corrected chi connectivity index (χ1v) is 14.4. The number of carbonyl (C=O) groups excluding carboxylic acids is 2. The topological polar surface area (TPSA) is 88.4 Å². The molecule has 200 valence electrons. The molecule has 4 aliphatic rings. The SMILES string of the molecule is Cn1c(=O)n(C2CCC(=O)NC2=O)c2ccc(C3CCN(CC4CCC5(CCNCC5)CC4)CC3)cc21. The van der Waals surface area contributed by atoms with Gasteiger partial charge in [-0.1, -0.05) is 6.07 Å². The molecule has 2 aromatic rings. The minimum atomic E-state index is -0.632. The van der Waals surface area contributed by atoms with Gasteiger partial charge < -0.3 is 10.2 Å². The molecule has 1 saturated carbocycles. The average molecular weight is 508 g/mol. The Kier molecular flexibility index (Phi) is 6.74. The zero-order valence-electron chi connectivity index (χ0n) is 22.1. The van der Waals surface area contributed by atoms with Gasteiger partial charge in [0.05, 0.1) is 11.0 Å². The molecule has 37 heavy (non-hydrogen) atoms. The monoisotopic (exact) mass is 507 g/mol. The van der Waals surface area contributed by atoms with E-state index in [-0.39, 0.29) is 23.9 Å². The summed E-state index contributed by atoms with van der Waals surface area (Å²) < 4.78 is 3.22. The van der Waals surface area contributed by atoms with Crippen LogP contribution in [0.5, 0.6) is 0 Å². The van der Waals surface area contributed by atoms with Crippen LogP contribution in [0.2, 0.25) is 0 Å². The van der Waals surface area contributed by atoms with Gasteiger partial charge in [-0.05, 0) is 119 Å². The van der Waals surface area contributed by atoms with Crippen molar-refractivity contribution in [3.63, 3.8) is 0 Å². The van der Waals surface area contributed by atoms with Crippen molar-refractivity contribution < 1.29 is 9.59 Å². The number of nitrogens with one attached hydrogen (secondary N) is 2. The number of hydrogen-bond donors (Lipinski definition) is 2. The van der Waals surface area contributed by atoms with Crippen molar-refractivity contribution in [2.24, 2.45) is 18.4 Å². The number of rotatable bonds is 4. The van der Waals surface area contributed by atoms with E-state index < -0.39 is 6.04 Å². The number of imide groups is 1. The summed E-state index contributed by atoms with van der Waals surface area (Å²) in [7, 11) is 1.78. The fourth-order valence-corrected chi connectivity index (χ4v) is 7.61. The third-order valence-electron chi connectivity index (χ3n) is 10.0. The number of nitrogens with zero attached hydrogens (tertiary/aromatic N) is 3. The van der Waals surface area contributed by atoms with Crippen LogP contribution in [0.15, 0.2) is 23.0 Å². The number of benzene rings is 1. The van der Waals surface area contributed by atoms with E-state index in [2.05, 4.69) is 27.7 Å². The molecule has 0 radical (unpaired) electrons. The number of aromatic nitrogens is 2. The Morgan fingerprint density at radius 2 is 1.65 bits per heavy atom. The highest BCUT2D eigenvalue weighted by atomic mass is 16.2. The third kappa shape index (κ3) is 4.78. The first-order chi connectivity index (χ1) is 17.9. The highest BCUT2D eigenvalue weighted by Gasteiger charge is 2.37. The number of aryl methyl sites for hydroxylation is 1. The molecule has 2 N–H and O–H groups in total. The molecule has 3 saturated heterocycles. The van der Waals surface area contributed by atoms with E-state index in [9.17, 15) is 14.4 Å². The summed E-state index contributed by atoms with van der Waals surface area (Å²) in [5.74, 6) is 0.706. The zero-order valence-corrected chi connectivity index (χ0v) is 22.1. The Morgan fingerprint density at radius 3 is 2.35 bits per heavy atom. The maximum atomic E-state index is 13.1. The molecule has 1 atom stereocenters. The lowest BCUT2D eigenvalue weighted by Crippen LogP contribution is -2.44. The van der Waals surface area contributed by atoms with Crippen molar-refractivity contribution in [3.05, 3.63) is 34.2 Å². The second-order valence-electron chi connectivity index (χ2n) is 12.2. The molecular formula is C29H41N5O3. The highest BCUT2D eigenvalue weighted by Crippen LogP contribution is 2.45. The van der Waals surface area contributed by atoms with Gasteiger partial charge >= 0.3 is 5.69 Å². The second kappa shape index (κ2) is 10.0. The summed E-state index contributed by atoms with van der Waals surface area (Å²) in [6.45, 7) is 5.96. The molecule has 1 aliphatic carbocycles. The van der Waals surface area contributed by atoms with Crippen LogP contribution in [-0.4, -0.2) is 58.6 Å². The molecule has 1 aromatic heterocycles. The first-order valence-electron chi connectivity index (χ1n) is 14.4. The fourth-order valence-electron chi connectivity index (χ4n) is 7.61. The number of imidazole rings is 1. The van der Waals surface area contributed by atoms with E-state index in [0.29, 0.717) is 17.8 Å². The van der Waals surface area contributed by atoms with Crippen LogP contribution >= 0.6 is 0 Å². The summed E-state index contributed by atoms with van der Waals surface area (Å²) >= 11 is 0.